The van der Waals surface area contributed by atoms with E-state index in [-0.39, 0.29) is 69.5 Å². The molecular weight excluding hydrogens is 1240 g/mol. The maximum atomic E-state index is 15.3. The van der Waals surface area contributed by atoms with Crippen LogP contribution in [0.5, 0.6) is 0 Å². The second-order valence-corrected chi connectivity index (χ2v) is 30.7. The summed E-state index contributed by atoms with van der Waals surface area (Å²) in [5.74, 6) is -11.0. The molecule has 0 spiro atoms. The van der Waals surface area contributed by atoms with Gasteiger partial charge in [-0.2, -0.15) is 4.31 Å². The molecule has 2 aliphatic rings. The predicted molar refractivity (Wildman–Crippen MR) is 366 cm³/mol. The predicted octanol–water partition coefficient (Wildman–Crippen LogP) is 1.82. The van der Waals surface area contributed by atoms with E-state index in [1.165, 1.54) is 98.9 Å². The lowest BCUT2D eigenvalue weighted by molar-refractivity contribution is -0.157. The molecule has 0 radical (unpaired) electrons. The third kappa shape index (κ3) is 22.9. The third-order valence-electron chi connectivity index (χ3n) is 18.7. The molecule has 2 saturated heterocycles. The van der Waals surface area contributed by atoms with Gasteiger partial charge in [0.25, 0.3) is 0 Å². The molecule has 544 valence electrons. The number of piperazine rings is 1. The molecule has 2 heterocycles. The number of rotatable bonds is 17. The molecule has 2 fully saturated rings. The number of sulfonamides is 1. The molecule has 0 saturated carbocycles. The SMILES string of the molecule is C/C=C/C[C@H](C)[C@@H](O)[C@H]1C(=O)N[C@@H](CC)C(=O)N(C)[C@H](C)C(=O)N(C)C([C@@H](C)CN2CCN(S(C)(=O)=O)CC2)C(=O)N[C@@H](C(C)C)C(=O)N(C)[C@@H](CC(C)C)C(=O)N[C@@H](C)C(=O)N[C@H](C)C(=O)N(C)[C@@H](CC(C)C)C(=O)N(C)[C@@H](CC(C)C)C(=O)N(C)[C@@H](C(C)C)C(=O)N1C. The van der Waals surface area contributed by atoms with Gasteiger partial charge in [0.05, 0.1) is 12.4 Å². The zero-order valence-corrected chi connectivity index (χ0v) is 62.7. The van der Waals surface area contributed by atoms with E-state index < -0.39 is 171 Å². The normalized spacial score (nSPS) is 28.0. The first-order chi connectivity index (χ1) is 43.8. The fourth-order valence-corrected chi connectivity index (χ4v) is 13.4. The Balaban J connectivity index is 3.06. The summed E-state index contributed by atoms with van der Waals surface area (Å²) in [5, 5.41) is 23.3. The average molecular weight is 1360 g/mol. The van der Waals surface area contributed by atoms with Crippen LogP contribution in [0.25, 0.3) is 0 Å². The van der Waals surface area contributed by atoms with Crippen LogP contribution in [0.1, 0.15) is 150 Å². The minimum Gasteiger partial charge on any atom is -0.390 e. The van der Waals surface area contributed by atoms with E-state index >= 15 is 28.8 Å². The van der Waals surface area contributed by atoms with Crippen LogP contribution < -0.4 is 21.3 Å². The van der Waals surface area contributed by atoms with Crippen LogP contribution in [-0.2, 0) is 62.8 Å². The van der Waals surface area contributed by atoms with Crippen LogP contribution in [0, 0.1) is 41.4 Å². The van der Waals surface area contributed by atoms with Gasteiger partial charge in [0.15, 0.2) is 0 Å². The molecule has 0 aromatic heterocycles. The number of nitrogens with one attached hydrogen (secondary N) is 4. The number of hydrogen-bond acceptors (Lipinski definition) is 15. The van der Waals surface area contributed by atoms with E-state index in [1.807, 2.05) is 46.4 Å². The van der Waals surface area contributed by atoms with Crippen LogP contribution in [0.3, 0.4) is 0 Å². The molecule has 28 heteroatoms. The highest BCUT2D eigenvalue weighted by atomic mass is 32.2. The fourth-order valence-electron chi connectivity index (χ4n) is 12.6. The van der Waals surface area contributed by atoms with Crippen LogP contribution in [0.2, 0.25) is 0 Å². The molecule has 95 heavy (non-hydrogen) atoms. The van der Waals surface area contributed by atoms with Crippen molar-refractivity contribution in [2.45, 2.75) is 222 Å². The first kappa shape index (κ1) is 84.8. The van der Waals surface area contributed by atoms with Crippen LogP contribution in [-0.4, -0.2) is 283 Å². The molecule has 2 rings (SSSR count). The Bertz CT molecular complexity index is 2790. The van der Waals surface area contributed by atoms with Crippen LogP contribution in [0.4, 0.5) is 0 Å². The van der Waals surface area contributed by atoms with Crippen molar-refractivity contribution < 1.29 is 66.3 Å². The summed E-state index contributed by atoms with van der Waals surface area (Å²) in [7, 11) is 6.32. The first-order valence-corrected chi connectivity index (χ1v) is 35.7. The number of aliphatic hydroxyl groups excluding tert-OH is 1. The molecule has 0 bridgehead atoms. The zero-order chi connectivity index (χ0) is 73.3. The van der Waals surface area contributed by atoms with Gasteiger partial charge in [0.2, 0.25) is 75.0 Å². The highest BCUT2D eigenvalue weighted by Gasteiger charge is 2.47. The molecule has 0 aromatic carbocycles. The number of nitrogens with zero attached hydrogens (tertiary/aromatic N) is 9. The highest BCUT2D eigenvalue weighted by molar-refractivity contribution is 7.88. The van der Waals surface area contributed by atoms with E-state index in [0.717, 1.165) is 16.1 Å². The molecule has 27 nitrogen and oxygen atoms in total. The van der Waals surface area contributed by atoms with Gasteiger partial charge in [-0.1, -0.05) is 102 Å². The van der Waals surface area contributed by atoms with E-state index in [4.69, 9.17) is 0 Å². The van der Waals surface area contributed by atoms with E-state index in [9.17, 15) is 37.5 Å². The Labute approximate surface area is 567 Å². The van der Waals surface area contributed by atoms with Crippen molar-refractivity contribution in [3.05, 3.63) is 12.2 Å². The van der Waals surface area contributed by atoms with Gasteiger partial charge in [-0.05, 0) is 101 Å². The van der Waals surface area contributed by atoms with Gasteiger partial charge in [-0.25, -0.2) is 8.42 Å². The molecule has 2 aliphatic heterocycles. The lowest BCUT2D eigenvalue weighted by atomic mass is 9.91. The Morgan fingerprint density at radius 2 is 0.926 bits per heavy atom. The Morgan fingerprint density at radius 3 is 1.39 bits per heavy atom. The molecule has 14 atom stereocenters. The third-order valence-corrected chi connectivity index (χ3v) is 20.0. The Hall–Kier alpha value is -6.26. The largest absolute Gasteiger partial charge is 0.390 e. The van der Waals surface area contributed by atoms with Crippen LogP contribution in [0.15, 0.2) is 12.2 Å². The minimum atomic E-state index is -3.50. The quantitative estimate of drug-likeness (QED) is 0.130. The van der Waals surface area contributed by atoms with Crippen molar-refractivity contribution in [3.8, 4) is 0 Å². The van der Waals surface area contributed by atoms with Gasteiger partial charge < -0.3 is 65.6 Å². The van der Waals surface area contributed by atoms with Crippen molar-refractivity contribution in [1.29, 1.82) is 0 Å². The van der Waals surface area contributed by atoms with Crippen molar-refractivity contribution in [2.75, 3.05) is 88.3 Å². The number of aliphatic hydroxyl groups is 1. The van der Waals surface area contributed by atoms with Gasteiger partial charge in [-0.3, -0.25) is 52.7 Å². The number of carbonyl (C=O) groups is 11. The second kappa shape index (κ2) is 37.5. The molecule has 0 aromatic rings. The first-order valence-electron chi connectivity index (χ1n) is 33.9. The van der Waals surface area contributed by atoms with Crippen LogP contribution >= 0.6 is 0 Å². The van der Waals surface area contributed by atoms with E-state index in [1.54, 1.807) is 67.5 Å². The van der Waals surface area contributed by atoms with Gasteiger partial charge >= 0.3 is 0 Å². The van der Waals surface area contributed by atoms with Crippen molar-refractivity contribution >= 4 is 75.0 Å². The summed E-state index contributed by atoms with van der Waals surface area (Å²) in [5.41, 5.74) is 0. The number of likely N-dealkylation sites (N-methyl/N-ethyl adjacent to an activating group) is 7. The summed E-state index contributed by atoms with van der Waals surface area (Å²) in [4.78, 5) is 174. The Morgan fingerprint density at radius 1 is 0.484 bits per heavy atom. The van der Waals surface area contributed by atoms with Crippen molar-refractivity contribution in [3.63, 3.8) is 0 Å². The maximum Gasteiger partial charge on any atom is 0.246 e. The number of carbonyl (C=O) groups excluding carboxylic acids is 11. The topological polar surface area (TPSA) is 319 Å². The summed E-state index contributed by atoms with van der Waals surface area (Å²) in [6, 6.07) is -14.3. The molecular formula is C67H121N13O14S. The molecule has 0 aliphatic carbocycles. The summed E-state index contributed by atoms with van der Waals surface area (Å²) < 4.78 is 26.3. The van der Waals surface area contributed by atoms with E-state index in [0.29, 0.717) is 13.1 Å². The van der Waals surface area contributed by atoms with Crippen molar-refractivity contribution in [1.82, 2.24) is 64.8 Å². The monoisotopic (exact) mass is 1360 g/mol. The lowest BCUT2D eigenvalue weighted by Crippen LogP contribution is -2.64. The molecule has 1 unspecified atom stereocenters. The fraction of sp³-hybridized carbons (Fsp3) is 0.806. The lowest BCUT2D eigenvalue weighted by Gasteiger charge is -2.41. The molecule has 5 N–H and O–H groups in total. The van der Waals surface area contributed by atoms with Crippen molar-refractivity contribution in [2.24, 2.45) is 41.4 Å². The second-order valence-electron chi connectivity index (χ2n) is 28.7. The standard InChI is InChI=1S/C67H121N13O14S/c1-26-28-29-43(13)56(81)55-60(85)70-48(27-2)63(88)72(18)47(17)62(87)77(23)54(44(14)37-79-30-32-80(33-31-79)95(25,93)94)59(84)71-52(41(9)10)66(91)73(19)49(34-38(3)4)58(83)68-45(15)57(82)69-46(16)61(86)74(20)50(35-39(5)6)64(89)75(21)51(36-40(7)8)65(90)76(22)53(42(11)12)67(92)78(55)24/h26,28,38-56,81H,27,29-37H2,1-25H3,(H,68,83)(H,69,82)(H,70,85)(H,71,84)/b28-26+/t43-,44-,45-,46+,47+,48-,49-,50-,51-,52-,53-,54?,55-,56+/m0/s1. The number of amides is 11. The maximum absolute atomic E-state index is 15.3. The number of allylic oxidation sites excluding steroid dienone is 2. The highest BCUT2D eigenvalue weighted by Crippen LogP contribution is 2.26. The summed E-state index contributed by atoms with van der Waals surface area (Å²) in [6.45, 7) is 30.3. The average Bonchev–Trinajstić information content (AvgIpc) is 0.815. The zero-order valence-electron chi connectivity index (χ0n) is 61.9. The minimum absolute atomic E-state index is 0.0297. The van der Waals surface area contributed by atoms with Gasteiger partial charge in [-0.15, -0.1) is 0 Å². The molecule has 11 amide bonds. The smallest absolute Gasteiger partial charge is 0.246 e. The van der Waals surface area contributed by atoms with E-state index in [2.05, 4.69) is 21.3 Å². The summed E-state index contributed by atoms with van der Waals surface area (Å²) in [6.07, 6.45) is 3.78. The summed E-state index contributed by atoms with van der Waals surface area (Å²) >= 11 is 0. The van der Waals surface area contributed by atoms with Gasteiger partial charge in [0.1, 0.15) is 66.5 Å². The van der Waals surface area contributed by atoms with Gasteiger partial charge in [0, 0.05) is 82.1 Å². The number of hydrogen-bond donors (Lipinski definition) is 5. The Kier molecular flexibility index (Phi) is 33.5.